The summed E-state index contributed by atoms with van der Waals surface area (Å²) >= 11 is 0. The number of fused-ring (bicyclic) bond motifs is 1. The molecular formula is C14H19N3O4. The summed E-state index contributed by atoms with van der Waals surface area (Å²) in [4.78, 5) is 23.1. The SMILES string of the molecule is CC(C)CNC(=O)NCC(=O)Nc1ccc2c(c1)OCO2. The average Bonchev–Trinajstić information content (AvgIpc) is 2.90. The van der Waals surface area contributed by atoms with Crippen molar-refractivity contribution in [2.75, 3.05) is 25.2 Å². The molecule has 0 bridgehead atoms. The number of benzene rings is 1. The first-order valence-corrected chi connectivity index (χ1v) is 6.76. The number of nitrogens with one attached hydrogen (secondary N) is 3. The van der Waals surface area contributed by atoms with E-state index in [1.807, 2.05) is 13.8 Å². The lowest BCUT2D eigenvalue weighted by Crippen LogP contribution is -2.41. The molecule has 3 amide bonds. The molecule has 1 aromatic carbocycles. The fourth-order valence-corrected chi connectivity index (χ4v) is 1.70. The van der Waals surface area contributed by atoms with Crippen LogP contribution in [0, 0.1) is 5.92 Å². The molecule has 7 heteroatoms. The van der Waals surface area contributed by atoms with Crippen molar-refractivity contribution in [1.82, 2.24) is 10.6 Å². The Labute approximate surface area is 123 Å². The highest BCUT2D eigenvalue weighted by atomic mass is 16.7. The smallest absolute Gasteiger partial charge is 0.315 e. The van der Waals surface area contributed by atoms with Gasteiger partial charge in [-0.15, -0.1) is 0 Å². The van der Waals surface area contributed by atoms with Crippen LogP contribution in [0.15, 0.2) is 18.2 Å². The van der Waals surface area contributed by atoms with Gasteiger partial charge in [-0.3, -0.25) is 4.79 Å². The van der Waals surface area contributed by atoms with Gasteiger partial charge >= 0.3 is 6.03 Å². The van der Waals surface area contributed by atoms with E-state index < -0.39 is 0 Å². The summed E-state index contributed by atoms with van der Waals surface area (Å²) in [6.45, 7) is 4.64. The van der Waals surface area contributed by atoms with E-state index in [4.69, 9.17) is 9.47 Å². The summed E-state index contributed by atoms with van der Waals surface area (Å²) in [6.07, 6.45) is 0. The van der Waals surface area contributed by atoms with E-state index >= 15 is 0 Å². The lowest BCUT2D eigenvalue weighted by molar-refractivity contribution is -0.115. The van der Waals surface area contributed by atoms with E-state index in [2.05, 4.69) is 16.0 Å². The van der Waals surface area contributed by atoms with E-state index in [1.165, 1.54) is 0 Å². The monoisotopic (exact) mass is 293 g/mol. The summed E-state index contributed by atoms with van der Waals surface area (Å²) in [5.41, 5.74) is 0.591. The highest BCUT2D eigenvalue weighted by molar-refractivity contribution is 5.94. The number of amides is 3. The van der Waals surface area contributed by atoms with E-state index in [-0.39, 0.29) is 25.3 Å². The molecule has 3 N–H and O–H groups in total. The minimum Gasteiger partial charge on any atom is -0.454 e. The van der Waals surface area contributed by atoms with Gasteiger partial charge < -0.3 is 25.4 Å². The van der Waals surface area contributed by atoms with Crippen LogP contribution >= 0.6 is 0 Å². The fourth-order valence-electron chi connectivity index (χ4n) is 1.70. The molecule has 0 unspecified atom stereocenters. The molecule has 114 valence electrons. The van der Waals surface area contributed by atoms with Crippen LogP contribution in [0.5, 0.6) is 11.5 Å². The van der Waals surface area contributed by atoms with Crippen molar-refractivity contribution in [2.45, 2.75) is 13.8 Å². The molecule has 0 aromatic heterocycles. The van der Waals surface area contributed by atoms with Crippen molar-refractivity contribution < 1.29 is 19.1 Å². The summed E-state index contributed by atoms with van der Waals surface area (Å²) in [5.74, 6) is 1.29. The van der Waals surface area contributed by atoms with Crippen molar-refractivity contribution >= 4 is 17.6 Å². The fraction of sp³-hybridized carbons (Fsp3) is 0.429. The lowest BCUT2D eigenvalue weighted by atomic mass is 10.2. The van der Waals surface area contributed by atoms with Crippen LogP contribution in [-0.2, 0) is 4.79 Å². The van der Waals surface area contributed by atoms with E-state index in [0.29, 0.717) is 29.6 Å². The van der Waals surface area contributed by atoms with Crippen molar-refractivity contribution in [3.63, 3.8) is 0 Å². The minimum atomic E-state index is -0.357. The van der Waals surface area contributed by atoms with Crippen LogP contribution < -0.4 is 25.4 Å². The number of carbonyl (C=O) groups is 2. The molecule has 0 saturated heterocycles. The molecule has 7 nitrogen and oxygen atoms in total. The molecule has 2 rings (SSSR count). The van der Waals surface area contributed by atoms with Crippen LogP contribution in [0.3, 0.4) is 0 Å². The van der Waals surface area contributed by atoms with Crippen molar-refractivity contribution in [3.8, 4) is 11.5 Å². The van der Waals surface area contributed by atoms with Crippen molar-refractivity contribution in [3.05, 3.63) is 18.2 Å². The molecule has 0 fully saturated rings. The van der Waals surface area contributed by atoms with Gasteiger partial charge in [-0.1, -0.05) is 13.8 Å². The van der Waals surface area contributed by atoms with Gasteiger partial charge in [-0.25, -0.2) is 4.79 Å². The van der Waals surface area contributed by atoms with Crippen LogP contribution in [0.25, 0.3) is 0 Å². The summed E-state index contributed by atoms with van der Waals surface area (Å²) in [6, 6.07) is 4.76. The molecular weight excluding hydrogens is 274 g/mol. The Kier molecular flexibility index (Phi) is 4.86. The van der Waals surface area contributed by atoms with Crippen LogP contribution in [0.1, 0.15) is 13.8 Å². The summed E-state index contributed by atoms with van der Waals surface area (Å²) < 4.78 is 10.4. The number of anilines is 1. The van der Waals surface area contributed by atoms with E-state index in [0.717, 1.165) is 0 Å². The van der Waals surface area contributed by atoms with Crippen molar-refractivity contribution in [2.24, 2.45) is 5.92 Å². The standard InChI is InChI=1S/C14H19N3O4/c1-9(2)6-15-14(19)16-7-13(18)17-10-3-4-11-12(5-10)21-8-20-11/h3-5,9H,6-8H2,1-2H3,(H,17,18)(H2,15,16,19). The molecule has 0 spiro atoms. The predicted octanol–water partition coefficient (Wildman–Crippen LogP) is 1.31. The Morgan fingerprint density at radius 1 is 1.19 bits per heavy atom. The van der Waals surface area contributed by atoms with Gasteiger partial charge in [0.1, 0.15) is 0 Å². The highest BCUT2D eigenvalue weighted by Crippen LogP contribution is 2.34. The third kappa shape index (κ3) is 4.55. The van der Waals surface area contributed by atoms with Crippen LogP contribution in [0.2, 0.25) is 0 Å². The lowest BCUT2D eigenvalue weighted by Gasteiger charge is -2.10. The van der Waals surface area contributed by atoms with Gasteiger partial charge in [0.15, 0.2) is 11.5 Å². The first-order valence-electron chi connectivity index (χ1n) is 6.76. The van der Waals surface area contributed by atoms with Crippen molar-refractivity contribution in [1.29, 1.82) is 0 Å². The molecule has 1 aliphatic heterocycles. The van der Waals surface area contributed by atoms with E-state index in [9.17, 15) is 9.59 Å². The Hall–Kier alpha value is -2.44. The number of hydrogen-bond donors (Lipinski definition) is 3. The number of rotatable bonds is 5. The van der Waals surface area contributed by atoms with E-state index in [1.54, 1.807) is 18.2 Å². The maximum absolute atomic E-state index is 11.7. The number of hydrogen-bond acceptors (Lipinski definition) is 4. The molecule has 0 saturated carbocycles. The second kappa shape index (κ2) is 6.83. The Morgan fingerprint density at radius 2 is 1.95 bits per heavy atom. The maximum atomic E-state index is 11.7. The molecule has 1 heterocycles. The molecule has 1 aliphatic rings. The van der Waals surface area contributed by atoms with Gasteiger partial charge in [0.05, 0.1) is 6.54 Å². The van der Waals surface area contributed by atoms with Gasteiger partial charge in [0.2, 0.25) is 12.7 Å². The second-order valence-corrected chi connectivity index (χ2v) is 5.07. The molecule has 0 radical (unpaired) electrons. The first-order chi connectivity index (χ1) is 10.0. The second-order valence-electron chi connectivity index (χ2n) is 5.07. The molecule has 1 aromatic rings. The number of carbonyl (C=O) groups excluding carboxylic acids is 2. The minimum absolute atomic E-state index is 0.0988. The zero-order chi connectivity index (χ0) is 15.2. The van der Waals surface area contributed by atoms with Gasteiger partial charge in [0.25, 0.3) is 0 Å². The Morgan fingerprint density at radius 3 is 2.71 bits per heavy atom. The van der Waals surface area contributed by atoms with Gasteiger partial charge in [-0.05, 0) is 18.1 Å². The molecule has 0 atom stereocenters. The molecule has 0 aliphatic carbocycles. The quantitative estimate of drug-likeness (QED) is 0.763. The summed E-state index contributed by atoms with van der Waals surface area (Å²) in [5, 5.41) is 7.84. The predicted molar refractivity (Wildman–Crippen MR) is 77.4 cm³/mol. The highest BCUT2D eigenvalue weighted by Gasteiger charge is 2.14. The van der Waals surface area contributed by atoms with Crippen LogP contribution in [0.4, 0.5) is 10.5 Å². The van der Waals surface area contributed by atoms with Gasteiger partial charge in [0, 0.05) is 18.3 Å². The number of urea groups is 1. The van der Waals surface area contributed by atoms with Crippen LogP contribution in [-0.4, -0.2) is 31.8 Å². The largest absolute Gasteiger partial charge is 0.454 e. The summed E-state index contributed by atoms with van der Waals surface area (Å²) in [7, 11) is 0. The Bertz CT molecular complexity index is 531. The number of ether oxygens (including phenoxy) is 2. The average molecular weight is 293 g/mol. The zero-order valence-corrected chi connectivity index (χ0v) is 12.1. The topological polar surface area (TPSA) is 88.7 Å². The Balaban J connectivity index is 1.75. The normalized spacial score (nSPS) is 12.1. The third-order valence-electron chi connectivity index (χ3n) is 2.74. The maximum Gasteiger partial charge on any atom is 0.315 e. The van der Waals surface area contributed by atoms with Gasteiger partial charge in [-0.2, -0.15) is 0 Å². The zero-order valence-electron chi connectivity index (χ0n) is 12.1. The third-order valence-corrected chi connectivity index (χ3v) is 2.74. The molecule has 21 heavy (non-hydrogen) atoms. The first kappa shape index (κ1) is 15.0.